The van der Waals surface area contributed by atoms with Crippen molar-refractivity contribution in [3.63, 3.8) is 0 Å². The quantitative estimate of drug-likeness (QED) is 0.762. The third kappa shape index (κ3) is 2.18. The second-order valence-corrected chi connectivity index (χ2v) is 4.23. The van der Waals surface area contributed by atoms with Gasteiger partial charge in [-0.25, -0.2) is 9.78 Å². The maximum absolute atomic E-state index is 11.9. The molecule has 1 unspecified atom stereocenters. The van der Waals surface area contributed by atoms with Gasteiger partial charge in [0.2, 0.25) is 12.1 Å². The topological polar surface area (TPSA) is 117 Å². The Morgan fingerprint density at radius 1 is 1.40 bits per heavy atom. The molecule has 1 aliphatic rings. The molecule has 0 bridgehead atoms. The number of carbonyl (C=O) groups excluding carboxylic acids is 1. The van der Waals surface area contributed by atoms with Crippen molar-refractivity contribution in [2.75, 3.05) is 5.32 Å². The molecule has 1 atom stereocenters. The zero-order valence-electron chi connectivity index (χ0n) is 10.2. The minimum atomic E-state index is -1.19. The van der Waals surface area contributed by atoms with Crippen LogP contribution in [0.5, 0.6) is 0 Å². The Morgan fingerprint density at radius 3 is 2.90 bits per heavy atom. The molecule has 8 nitrogen and oxygen atoms in total. The highest BCUT2D eigenvalue weighted by Gasteiger charge is 2.31. The minimum Gasteiger partial charge on any atom is -0.477 e. The molecule has 2 heterocycles. The predicted octanol–water partition coefficient (Wildman–Crippen LogP) is 0.731. The number of benzene rings is 1. The molecule has 102 valence electrons. The molecule has 0 radical (unpaired) electrons. The zero-order valence-corrected chi connectivity index (χ0v) is 10.2. The molecule has 1 aliphatic heterocycles. The molecule has 0 saturated heterocycles. The standard InChI is InChI=1S/C12H10N4O4/c17-10(9-5-8(11(18)19)16-20-9)15-12-13-6-3-1-2-4-7(6)14-12/h1-4,9H,5H2,(H,18,19)(H2,13,14,15,17). The van der Waals surface area contributed by atoms with E-state index in [1.165, 1.54) is 0 Å². The number of H-pyrrole nitrogens is 1. The van der Waals surface area contributed by atoms with Crippen LogP contribution < -0.4 is 5.32 Å². The van der Waals surface area contributed by atoms with Crippen molar-refractivity contribution in [1.29, 1.82) is 0 Å². The van der Waals surface area contributed by atoms with Crippen LogP contribution in [-0.4, -0.2) is 38.8 Å². The van der Waals surface area contributed by atoms with Crippen LogP contribution in [0.3, 0.4) is 0 Å². The predicted molar refractivity (Wildman–Crippen MR) is 69.3 cm³/mol. The summed E-state index contributed by atoms with van der Waals surface area (Å²) in [6.45, 7) is 0. The van der Waals surface area contributed by atoms with Crippen molar-refractivity contribution < 1.29 is 19.5 Å². The lowest BCUT2D eigenvalue weighted by Gasteiger charge is -2.06. The van der Waals surface area contributed by atoms with Crippen LogP contribution in [0.15, 0.2) is 29.4 Å². The van der Waals surface area contributed by atoms with Crippen molar-refractivity contribution in [2.24, 2.45) is 5.16 Å². The van der Waals surface area contributed by atoms with E-state index in [1.807, 2.05) is 18.2 Å². The third-order valence-corrected chi connectivity index (χ3v) is 2.84. The number of hydrogen-bond acceptors (Lipinski definition) is 5. The largest absolute Gasteiger partial charge is 0.477 e. The Kier molecular flexibility index (Phi) is 2.82. The van der Waals surface area contributed by atoms with Crippen LogP contribution in [0.2, 0.25) is 0 Å². The number of carbonyl (C=O) groups is 2. The van der Waals surface area contributed by atoms with E-state index in [2.05, 4.69) is 20.4 Å². The number of aromatic nitrogens is 2. The van der Waals surface area contributed by atoms with Crippen LogP contribution >= 0.6 is 0 Å². The summed E-state index contributed by atoms with van der Waals surface area (Å²) in [5.74, 6) is -1.41. The number of amides is 1. The van der Waals surface area contributed by atoms with Crippen molar-refractivity contribution in [3.8, 4) is 0 Å². The lowest BCUT2D eigenvalue weighted by atomic mass is 10.2. The van der Waals surface area contributed by atoms with Gasteiger partial charge in [-0.2, -0.15) is 0 Å². The number of hydrogen-bond donors (Lipinski definition) is 3. The van der Waals surface area contributed by atoms with Gasteiger partial charge in [-0.05, 0) is 12.1 Å². The van der Waals surface area contributed by atoms with E-state index in [9.17, 15) is 9.59 Å². The Bertz CT molecular complexity index is 688. The van der Waals surface area contributed by atoms with Gasteiger partial charge in [-0.1, -0.05) is 17.3 Å². The van der Waals surface area contributed by atoms with E-state index >= 15 is 0 Å². The van der Waals surface area contributed by atoms with Crippen LogP contribution in [0.4, 0.5) is 5.95 Å². The number of nitrogens with one attached hydrogen (secondary N) is 2. The van der Waals surface area contributed by atoms with Gasteiger partial charge in [0.05, 0.1) is 11.0 Å². The van der Waals surface area contributed by atoms with Gasteiger partial charge in [0.25, 0.3) is 5.91 Å². The fourth-order valence-electron chi connectivity index (χ4n) is 1.85. The molecule has 20 heavy (non-hydrogen) atoms. The summed E-state index contributed by atoms with van der Waals surface area (Å²) < 4.78 is 0. The van der Waals surface area contributed by atoms with Crippen LogP contribution in [0.1, 0.15) is 6.42 Å². The molecule has 0 fully saturated rings. The van der Waals surface area contributed by atoms with E-state index < -0.39 is 18.0 Å². The van der Waals surface area contributed by atoms with Gasteiger partial charge in [0.1, 0.15) is 0 Å². The summed E-state index contributed by atoms with van der Waals surface area (Å²) >= 11 is 0. The SMILES string of the molecule is O=C(O)C1=NOC(C(=O)Nc2nc3ccccc3[nH]2)C1. The first-order valence-electron chi connectivity index (χ1n) is 5.85. The summed E-state index contributed by atoms with van der Waals surface area (Å²) in [5, 5.41) is 14.6. The highest BCUT2D eigenvalue weighted by atomic mass is 16.6. The van der Waals surface area contributed by atoms with Crippen molar-refractivity contribution in [3.05, 3.63) is 24.3 Å². The number of carboxylic acids is 1. The normalized spacial score (nSPS) is 17.6. The fourth-order valence-corrected chi connectivity index (χ4v) is 1.85. The van der Waals surface area contributed by atoms with E-state index in [0.29, 0.717) is 0 Å². The Hall–Kier alpha value is -2.90. The zero-order chi connectivity index (χ0) is 14.1. The first-order chi connectivity index (χ1) is 9.63. The number of para-hydroxylation sites is 2. The number of rotatable bonds is 3. The van der Waals surface area contributed by atoms with Crippen molar-refractivity contribution >= 4 is 34.6 Å². The fraction of sp³-hybridized carbons (Fsp3) is 0.167. The highest BCUT2D eigenvalue weighted by molar-refractivity contribution is 6.36. The van der Waals surface area contributed by atoms with E-state index in [0.717, 1.165) is 11.0 Å². The van der Waals surface area contributed by atoms with Gasteiger partial charge in [0, 0.05) is 6.42 Å². The van der Waals surface area contributed by atoms with Gasteiger partial charge < -0.3 is 14.9 Å². The van der Waals surface area contributed by atoms with Crippen LogP contribution in [0, 0.1) is 0 Å². The van der Waals surface area contributed by atoms with Gasteiger partial charge in [-0.15, -0.1) is 0 Å². The van der Waals surface area contributed by atoms with Gasteiger partial charge >= 0.3 is 5.97 Å². The smallest absolute Gasteiger partial charge is 0.353 e. The number of imidazole rings is 1. The monoisotopic (exact) mass is 274 g/mol. The summed E-state index contributed by atoms with van der Waals surface area (Å²) in [6.07, 6.45) is -1.02. The molecule has 8 heteroatoms. The first kappa shape index (κ1) is 12.2. The molecule has 1 aromatic carbocycles. The Balaban J connectivity index is 1.69. The summed E-state index contributed by atoms with van der Waals surface area (Å²) in [4.78, 5) is 34.5. The van der Waals surface area contributed by atoms with Crippen LogP contribution in [0.25, 0.3) is 11.0 Å². The number of fused-ring (bicyclic) bond motifs is 1. The highest BCUT2D eigenvalue weighted by Crippen LogP contribution is 2.16. The first-order valence-corrected chi connectivity index (χ1v) is 5.85. The summed E-state index contributed by atoms with van der Waals surface area (Å²) in [5.41, 5.74) is 1.34. The lowest BCUT2D eigenvalue weighted by Crippen LogP contribution is -2.29. The molecule has 2 aromatic rings. The maximum Gasteiger partial charge on any atom is 0.353 e. The minimum absolute atomic E-state index is 0.0681. The second-order valence-electron chi connectivity index (χ2n) is 4.23. The molecule has 0 spiro atoms. The second kappa shape index (κ2) is 4.65. The molecular formula is C12H10N4O4. The number of aromatic amines is 1. The molecular weight excluding hydrogens is 264 g/mol. The van der Waals surface area contributed by atoms with Crippen LogP contribution in [-0.2, 0) is 14.4 Å². The molecule has 0 aliphatic carbocycles. The average Bonchev–Trinajstić information content (AvgIpc) is 3.04. The number of aliphatic carboxylic acids is 1. The van der Waals surface area contributed by atoms with Crippen molar-refractivity contribution in [2.45, 2.75) is 12.5 Å². The summed E-state index contributed by atoms with van der Waals surface area (Å²) in [6, 6.07) is 7.32. The molecule has 1 aromatic heterocycles. The average molecular weight is 274 g/mol. The van der Waals surface area contributed by atoms with Crippen molar-refractivity contribution in [1.82, 2.24) is 9.97 Å². The summed E-state index contributed by atoms with van der Waals surface area (Å²) in [7, 11) is 0. The molecule has 0 saturated carbocycles. The third-order valence-electron chi connectivity index (χ3n) is 2.84. The molecule has 1 amide bonds. The van der Waals surface area contributed by atoms with E-state index in [4.69, 9.17) is 9.94 Å². The Morgan fingerprint density at radius 2 is 2.20 bits per heavy atom. The van der Waals surface area contributed by atoms with Gasteiger partial charge in [0.15, 0.2) is 5.71 Å². The Labute approximate surface area is 112 Å². The molecule has 3 N–H and O–H groups in total. The van der Waals surface area contributed by atoms with Gasteiger partial charge in [-0.3, -0.25) is 10.1 Å². The number of oxime groups is 1. The maximum atomic E-state index is 11.9. The number of nitrogens with zero attached hydrogens (tertiary/aromatic N) is 2. The lowest BCUT2D eigenvalue weighted by molar-refractivity contribution is -0.129. The van der Waals surface area contributed by atoms with E-state index in [-0.39, 0.29) is 18.1 Å². The molecule has 3 rings (SSSR count). The number of carboxylic acid groups (broad SMARTS) is 1. The number of anilines is 1. The van der Waals surface area contributed by atoms with E-state index in [1.54, 1.807) is 6.07 Å².